The molecule has 0 aliphatic carbocycles. The molecule has 5 nitrogen and oxygen atoms in total. The lowest BCUT2D eigenvalue weighted by Gasteiger charge is -2.29. The number of para-hydroxylation sites is 1. The predicted molar refractivity (Wildman–Crippen MR) is 117 cm³/mol. The van der Waals surface area contributed by atoms with Gasteiger partial charge in [0.25, 0.3) is 0 Å². The molecule has 0 radical (unpaired) electrons. The monoisotopic (exact) mass is 391 g/mol. The topological polar surface area (TPSA) is 61.8 Å². The lowest BCUT2D eigenvalue weighted by molar-refractivity contribution is -0.125. The van der Waals surface area contributed by atoms with Crippen LogP contribution in [-0.4, -0.2) is 24.1 Å². The Balaban J connectivity index is 1.56. The van der Waals surface area contributed by atoms with Gasteiger partial charge in [0.2, 0.25) is 11.8 Å². The van der Waals surface area contributed by atoms with E-state index < -0.39 is 0 Å². The van der Waals surface area contributed by atoms with E-state index in [4.69, 9.17) is 0 Å². The Morgan fingerprint density at radius 3 is 2.55 bits per heavy atom. The lowest BCUT2D eigenvalue weighted by atomic mass is 10.0. The van der Waals surface area contributed by atoms with Crippen LogP contribution in [0.4, 0.5) is 5.69 Å². The summed E-state index contributed by atoms with van der Waals surface area (Å²) in [7, 11) is 0. The molecule has 2 aromatic rings. The van der Waals surface area contributed by atoms with Crippen molar-refractivity contribution in [2.24, 2.45) is 5.10 Å². The molecule has 0 atom stereocenters. The van der Waals surface area contributed by atoms with Crippen LogP contribution in [0.3, 0.4) is 0 Å². The predicted octanol–water partition coefficient (Wildman–Crippen LogP) is 4.46. The van der Waals surface area contributed by atoms with E-state index >= 15 is 0 Å². The molecule has 0 fully saturated rings. The molecule has 2 aromatic carbocycles. The molecule has 5 heteroatoms. The summed E-state index contributed by atoms with van der Waals surface area (Å²) in [5.41, 5.74) is 6.71. The Bertz CT molecular complexity index is 861. The largest absolute Gasteiger partial charge is 0.312 e. The molecule has 0 spiro atoms. The number of hydrogen-bond donors (Lipinski definition) is 1. The van der Waals surface area contributed by atoms with Crippen LogP contribution >= 0.6 is 0 Å². The highest BCUT2D eigenvalue weighted by Gasteiger charge is 2.22. The number of rotatable bonds is 8. The summed E-state index contributed by atoms with van der Waals surface area (Å²) in [6.45, 7) is 2.84. The summed E-state index contributed by atoms with van der Waals surface area (Å²) in [6, 6.07) is 17.9. The molecule has 3 rings (SSSR count). The molecule has 0 unspecified atom stereocenters. The smallest absolute Gasteiger partial charge is 0.240 e. The molecular formula is C24H29N3O2. The summed E-state index contributed by atoms with van der Waals surface area (Å²) in [4.78, 5) is 26.8. The Morgan fingerprint density at radius 1 is 1.00 bits per heavy atom. The molecular weight excluding hydrogens is 362 g/mol. The van der Waals surface area contributed by atoms with E-state index in [0.29, 0.717) is 6.54 Å². The number of fused-ring (bicyclic) bond motifs is 1. The quantitative estimate of drug-likeness (QED) is 0.533. The van der Waals surface area contributed by atoms with Crippen molar-refractivity contribution in [1.29, 1.82) is 0 Å². The molecule has 1 N–H and O–H groups in total. The molecule has 0 saturated heterocycles. The van der Waals surface area contributed by atoms with Crippen LogP contribution in [-0.2, 0) is 16.0 Å². The van der Waals surface area contributed by atoms with Crippen LogP contribution in [0.2, 0.25) is 0 Å². The number of aryl methyl sites for hydroxylation is 1. The fourth-order valence-electron chi connectivity index (χ4n) is 3.57. The van der Waals surface area contributed by atoms with Gasteiger partial charge in [0.05, 0.1) is 5.71 Å². The van der Waals surface area contributed by atoms with Crippen molar-refractivity contribution in [1.82, 2.24) is 5.43 Å². The van der Waals surface area contributed by atoms with Crippen LogP contribution in [0, 0.1) is 0 Å². The fraction of sp³-hybridized carbons (Fsp3) is 0.375. The second-order valence-electron chi connectivity index (χ2n) is 7.34. The first-order valence-electron chi connectivity index (χ1n) is 10.5. The molecule has 29 heavy (non-hydrogen) atoms. The maximum absolute atomic E-state index is 12.7. The zero-order chi connectivity index (χ0) is 20.5. The minimum atomic E-state index is -0.228. The zero-order valence-electron chi connectivity index (χ0n) is 17.1. The van der Waals surface area contributed by atoms with E-state index in [9.17, 15) is 9.59 Å². The minimum absolute atomic E-state index is 0.00875. The highest BCUT2D eigenvalue weighted by molar-refractivity contribution is 6.01. The van der Waals surface area contributed by atoms with Crippen LogP contribution in [0.15, 0.2) is 59.7 Å². The molecule has 0 aromatic heterocycles. The first-order valence-corrected chi connectivity index (χ1v) is 10.5. The Hall–Kier alpha value is -2.95. The van der Waals surface area contributed by atoms with Crippen molar-refractivity contribution in [3.8, 4) is 0 Å². The second kappa shape index (κ2) is 10.6. The number of hydrogen-bond acceptors (Lipinski definition) is 3. The molecule has 0 bridgehead atoms. The number of anilines is 1. The van der Waals surface area contributed by atoms with Crippen molar-refractivity contribution >= 4 is 23.2 Å². The summed E-state index contributed by atoms with van der Waals surface area (Å²) in [6.07, 6.45) is 5.15. The summed E-state index contributed by atoms with van der Waals surface area (Å²) < 4.78 is 0. The SMILES string of the molecule is CCCCC(=NNC(=O)CCC(=O)N1CCCc2ccccc21)c1ccccc1. The number of benzene rings is 2. The van der Waals surface area contributed by atoms with Gasteiger partial charge in [-0.1, -0.05) is 61.9 Å². The normalized spacial score (nSPS) is 13.7. The Morgan fingerprint density at radius 2 is 1.76 bits per heavy atom. The first kappa shape index (κ1) is 20.8. The van der Waals surface area contributed by atoms with E-state index in [-0.39, 0.29) is 24.7 Å². The van der Waals surface area contributed by atoms with Gasteiger partial charge in [-0.25, -0.2) is 5.43 Å². The standard InChI is InChI=1S/C24H29N3O2/c1-2-3-14-21(19-10-5-4-6-11-19)25-26-23(28)16-17-24(29)27-18-9-13-20-12-7-8-15-22(20)27/h4-8,10-12,15H,2-3,9,13-14,16-18H2,1H3,(H,26,28). The molecule has 1 heterocycles. The van der Waals surface area contributed by atoms with E-state index in [1.54, 1.807) is 0 Å². The number of carbonyl (C=O) groups is 2. The van der Waals surface area contributed by atoms with Crippen molar-refractivity contribution in [2.75, 3.05) is 11.4 Å². The summed E-state index contributed by atoms with van der Waals surface area (Å²) >= 11 is 0. The Kier molecular flexibility index (Phi) is 7.56. The van der Waals surface area contributed by atoms with Crippen LogP contribution < -0.4 is 10.3 Å². The minimum Gasteiger partial charge on any atom is -0.312 e. The van der Waals surface area contributed by atoms with Gasteiger partial charge in [-0.15, -0.1) is 0 Å². The van der Waals surface area contributed by atoms with Gasteiger partial charge in [0.15, 0.2) is 0 Å². The van der Waals surface area contributed by atoms with Crippen LogP contribution in [0.25, 0.3) is 0 Å². The van der Waals surface area contributed by atoms with Crippen LogP contribution in [0.5, 0.6) is 0 Å². The third-order valence-electron chi connectivity index (χ3n) is 5.17. The molecule has 0 saturated carbocycles. The van der Waals surface area contributed by atoms with E-state index in [1.807, 2.05) is 53.4 Å². The van der Waals surface area contributed by atoms with Crippen molar-refractivity contribution in [2.45, 2.75) is 51.9 Å². The van der Waals surface area contributed by atoms with Gasteiger partial charge in [-0.05, 0) is 42.9 Å². The van der Waals surface area contributed by atoms with Gasteiger partial charge in [0.1, 0.15) is 0 Å². The Labute approximate surface area is 172 Å². The average Bonchev–Trinajstić information content (AvgIpc) is 2.77. The highest BCUT2D eigenvalue weighted by Crippen LogP contribution is 2.27. The van der Waals surface area contributed by atoms with Gasteiger partial charge < -0.3 is 4.90 Å². The molecule has 1 aliphatic rings. The number of amides is 2. The van der Waals surface area contributed by atoms with Gasteiger partial charge >= 0.3 is 0 Å². The van der Waals surface area contributed by atoms with Crippen molar-refractivity contribution in [3.63, 3.8) is 0 Å². The first-order chi connectivity index (χ1) is 14.2. The zero-order valence-corrected chi connectivity index (χ0v) is 17.1. The van der Waals surface area contributed by atoms with Crippen molar-refractivity contribution in [3.05, 3.63) is 65.7 Å². The summed E-state index contributed by atoms with van der Waals surface area (Å²) in [5, 5.41) is 4.35. The highest BCUT2D eigenvalue weighted by atomic mass is 16.2. The van der Waals surface area contributed by atoms with E-state index in [1.165, 1.54) is 5.56 Å². The number of hydrazone groups is 1. The third-order valence-corrected chi connectivity index (χ3v) is 5.17. The average molecular weight is 392 g/mol. The molecule has 152 valence electrons. The maximum Gasteiger partial charge on any atom is 0.240 e. The fourth-order valence-corrected chi connectivity index (χ4v) is 3.57. The molecule has 2 amide bonds. The van der Waals surface area contributed by atoms with Crippen molar-refractivity contribution < 1.29 is 9.59 Å². The van der Waals surface area contributed by atoms with E-state index in [0.717, 1.165) is 49.1 Å². The van der Waals surface area contributed by atoms with Gasteiger partial charge in [-0.2, -0.15) is 5.10 Å². The number of carbonyl (C=O) groups excluding carboxylic acids is 2. The molecule has 1 aliphatic heterocycles. The number of nitrogens with one attached hydrogen (secondary N) is 1. The van der Waals surface area contributed by atoms with Gasteiger partial charge in [-0.3, -0.25) is 9.59 Å². The lowest BCUT2D eigenvalue weighted by Crippen LogP contribution is -2.36. The van der Waals surface area contributed by atoms with Gasteiger partial charge in [0, 0.05) is 25.1 Å². The summed E-state index contributed by atoms with van der Waals surface area (Å²) in [5.74, 6) is -0.237. The maximum atomic E-state index is 12.7. The number of unbranched alkanes of at least 4 members (excludes halogenated alkanes) is 1. The van der Waals surface area contributed by atoms with E-state index in [2.05, 4.69) is 23.5 Å². The second-order valence-corrected chi connectivity index (χ2v) is 7.34. The van der Waals surface area contributed by atoms with Crippen LogP contribution in [0.1, 0.15) is 56.6 Å². The number of nitrogens with zero attached hydrogens (tertiary/aromatic N) is 2. The third kappa shape index (κ3) is 5.76.